The van der Waals surface area contributed by atoms with Crippen molar-refractivity contribution in [3.63, 3.8) is 0 Å². The van der Waals surface area contributed by atoms with E-state index in [2.05, 4.69) is 51.9 Å². The van der Waals surface area contributed by atoms with Crippen molar-refractivity contribution in [1.29, 1.82) is 0 Å². The normalized spacial score (nSPS) is 10.1. The largest absolute Gasteiger partial charge is 1.00 e. The van der Waals surface area contributed by atoms with Crippen LogP contribution in [-0.2, 0) is 17.9 Å². The molecule has 0 bridgehead atoms. The number of hydrogen-bond donors (Lipinski definition) is 2. The minimum absolute atomic E-state index is 0. The van der Waals surface area contributed by atoms with Crippen LogP contribution in [0.3, 0.4) is 0 Å². The van der Waals surface area contributed by atoms with Crippen molar-refractivity contribution in [2.24, 2.45) is 0 Å². The number of unbranched alkanes of at least 4 members (excludes halogenated alkanes) is 18. The maximum atomic E-state index is 9.49. The third-order valence-corrected chi connectivity index (χ3v) is 7.09. The summed E-state index contributed by atoms with van der Waals surface area (Å²) in [6.45, 7) is 11.4. The molecular weight excluding hydrogens is 576 g/mol. The molecule has 0 saturated heterocycles. The van der Waals surface area contributed by atoms with Crippen molar-refractivity contribution in [2.75, 3.05) is 0 Å². The van der Waals surface area contributed by atoms with Crippen LogP contribution < -0.4 is 31.2 Å². The van der Waals surface area contributed by atoms with E-state index in [0.717, 1.165) is 0 Å². The van der Waals surface area contributed by atoms with Crippen LogP contribution in [0.4, 0.5) is 0 Å². The Morgan fingerprint density at radius 3 is 1.10 bits per heavy atom. The molecule has 2 aromatic heterocycles. The fraction of sp³-hybridized carbons (Fsp3) is 0.735. The quantitative estimate of drug-likeness (QED) is 0.105. The molecule has 0 unspecified atom stereocenters. The third kappa shape index (κ3) is 30.9. The number of halogens is 1. The zero-order valence-electron chi connectivity index (χ0n) is 26.8. The van der Waals surface area contributed by atoms with E-state index in [0.29, 0.717) is 0 Å². The van der Waals surface area contributed by atoms with Gasteiger partial charge in [0.25, 0.3) is 0 Å². The molecule has 2 rings (SSSR count). The van der Waals surface area contributed by atoms with Crippen molar-refractivity contribution in [3.05, 3.63) is 49.6 Å². The Labute approximate surface area is 263 Å². The van der Waals surface area contributed by atoms with Crippen molar-refractivity contribution < 1.29 is 36.0 Å². The van der Waals surface area contributed by atoms with Crippen LogP contribution in [0.5, 0.6) is 0 Å². The smallest absolute Gasteiger partial charge is 0.241 e. The molecule has 0 amide bonds. The van der Waals surface area contributed by atoms with Gasteiger partial charge in [-0.05, 0) is 38.2 Å². The Hall–Kier alpha value is -1.89. The zero-order valence-corrected chi connectivity index (χ0v) is 28.4. The molecule has 2 aromatic rings. The number of rotatable bonds is 23. The van der Waals surface area contributed by atoms with E-state index in [-0.39, 0.29) is 22.6 Å². The van der Waals surface area contributed by atoms with Gasteiger partial charge in [0.1, 0.15) is 24.8 Å². The number of carbonyl (C=O) groups excluding carboxylic acids is 1. The van der Waals surface area contributed by atoms with Crippen LogP contribution in [0.15, 0.2) is 49.6 Å². The Morgan fingerprint density at radius 2 is 0.878 bits per heavy atom. The van der Waals surface area contributed by atoms with Crippen LogP contribution in [0.2, 0.25) is 0 Å². The van der Waals surface area contributed by atoms with Crippen LogP contribution >= 0.6 is 0 Å². The zero-order chi connectivity index (χ0) is 29.5. The molecular formula is C34H63BrN4O2. The number of carboxylic acids is 1. The monoisotopic (exact) mass is 638 g/mol. The third-order valence-electron chi connectivity index (χ3n) is 7.09. The summed E-state index contributed by atoms with van der Waals surface area (Å²) in [4.78, 5) is 15.6. The molecule has 2 N–H and O–H groups in total. The molecule has 6 nitrogen and oxygen atoms in total. The first-order valence-corrected chi connectivity index (χ1v) is 16.4. The van der Waals surface area contributed by atoms with Crippen molar-refractivity contribution in [3.8, 4) is 0 Å². The molecule has 41 heavy (non-hydrogen) atoms. The Bertz CT molecular complexity index is 713. The van der Waals surface area contributed by atoms with E-state index >= 15 is 0 Å². The summed E-state index contributed by atoms with van der Waals surface area (Å²) in [5.41, 5.74) is 0.0648. The first-order chi connectivity index (χ1) is 19.5. The number of aromatic amines is 2. The lowest BCUT2D eigenvalue weighted by Gasteiger charge is -2.01. The summed E-state index contributed by atoms with van der Waals surface area (Å²) < 4.78 is 4.45. The predicted molar refractivity (Wildman–Crippen MR) is 165 cm³/mol. The number of aromatic nitrogens is 4. The predicted octanol–water partition coefficient (Wildman–Crippen LogP) is 4.76. The topological polar surface area (TPSA) is 79.5 Å². The number of nitrogens with zero attached hydrogens (tertiary/aromatic N) is 2. The maximum Gasteiger partial charge on any atom is 0.241 e. The number of carbonyl (C=O) groups is 1. The van der Waals surface area contributed by atoms with Crippen LogP contribution in [0, 0.1) is 0 Å². The molecule has 0 aliphatic carbocycles. The Kier molecular flexibility index (Phi) is 32.8. The second kappa shape index (κ2) is 32.6. The van der Waals surface area contributed by atoms with Crippen molar-refractivity contribution in [1.82, 2.24) is 9.97 Å². The van der Waals surface area contributed by atoms with Crippen LogP contribution in [-0.4, -0.2) is 15.9 Å². The molecule has 0 radical (unpaired) electrons. The molecule has 0 saturated carbocycles. The minimum Gasteiger partial charge on any atom is -1.00 e. The van der Waals surface area contributed by atoms with E-state index in [9.17, 15) is 9.90 Å². The van der Waals surface area contributed by atoms with Crippen molar-refractivity contribution in [2.45, 2.75) is 162 Å². The second-order valence-corrected chi connectivity index (χ2v) is 11.1. The summed E-state index contributed by atoms with van der Waals surface area (Å²) in [5, 5.41) is 9.49. The molecule has 238 valence electrons. The fourth-order valence-corrected chi connectivity index (χ4v) is 4.48. The van der Waals surface area contributed by atoms with Gasteiger partial charge in [-0.3, -0.25) is 9.97 Å². The standard InChI is InChI=1S/2C15H28N2.C4H6O2.BrH/c2*1-2-3-4-5-6-7-8-9-10-11-13-17-14-12-16-15-17;1-3(2)4(5)6;/h2*12,14-15H,2-11,13H2,1H3;1H2,2H3,(H,5,6);1H. The fourth-order valence-electron chi connectivity index (χ4n) is 4.48. The van der Waals surface area contributed by atoms with E-state index in [1.165, 1.54) is 148 Å². The van der Waals surface area contributed by atoms with E-state index in [1.807, 2.05) is 25.0 Å². The SMILES string of the molecule is C=C(C)C(=O)[O-].CCCCCCCCCCCC[n+]1cc[nH]c1.CCCCCCCCCCCC[n+]1cc[nH]c1.[Br-]. The lowest BCUT2D eigenvalue weighted by atomic mass is 10.1. The minimum atomic E-state index is -1.19. The molecule has 0 atom stereocenters. The lowest BCUT2D eigenvalue weighted by molar-refractivity contribution is -0.696. The average molecular weight is 640 g/mol. The van der Waals surface area contributed by atoms with E-state index < -0.39 is 5.97 Å². The Morgan fingerprint density at radius 1 is 0.610 bits per heavy atom. The maximum absolute atomic E-state index is 9.49. The highest BCUT2D eigenvalue weighted by Crippen LogP contribution is 2.11. The lowest BCUT2D eigenvalue weighted by Crippen LogP contribution is -3.00. The highest BCUT2D eigenvalue weighted by atomic mass is 79.9. The van der Waals surface area contributed by atoms with Gasteiger partial charge in [-0.1, -0.05) is 123 Å². The van der Waals surface area contributed by atoms with Crippen molar-refractivity contribution >= 4 is 5.97 Å². The first-order valence-electron chi connectivity index (χ1n) is 16.4. The second-order valence-electron chi connectivity index (χ2n) is 11.1. The molecule has 0 spiro atoms. The van der Waals surface area contributed by atoms with Gasteiger partial charge in [-0.15, -0.1) is 0 Å². The molecule has 7 heteroatoms. The van der Waals surface area contributed by atoms with Crippen LogP contribution in [0.25, 0.3) is 0 Å². The summed E-state index contributed by atoms with van der Waals surface area (Å²) in [6, 6.07) is 0. The van der Waals surface area contributed by atoms with Gasteiger partial charge in [0.2, 0.25) is 12.7 Å². The van der Waals surface area contributed by atoms with Crippen LogP contribution in [0.1, 0.15) is 149 Å². The molecule has 2 heterocycles. The number of aliphatic carboxylic acids is 1. The van der Waals surface area contributed by atoms with Gasteiger partial charge in [-0.2, -0.15) is 0 Å². The number of H-pyrrole nitrogens is 2. The van der Waals surface area contributed by atoms with Gasteiger partial charge >= 0.3 is 0 Å². The first kappa shape index (κ1) is 41.2. The van der Waals surface area contributed by atoms with Gasteiger partial charge in [0.05, 0.1) is 19.1 Å². The number of imidazole rings is 2. The molecule has 0 aliphatic heterocycles. The van der Waals surface area contributed by atoms with E-state index in [4.69, 9.17) is 0 Å². The molecule has 0 fully saturated rings. The number of nitrogens with one attached hydrogen (secondary N) is 2. The molecule has 0 aromatic carbocycles. The summed E-state index contributed by atoms with van der Waals surface area (Å²) in [5.74, 6) is -1.19. The van der Waals surface area contributed by atoms with Gasteiger partial charge in [0.15, 0.2) is 0 Å². The van der Waals surface area contributed by atoms with Gasteiger partial charge in [0, 0.05) is 0 Å². The van der Waals surface area contributed by atoms with E-state index in [1.54, 1.807) is 0 Å². The number of hydrogen-bond acceptors (Lipinski definition) is 2. The van der Waals surface area contributed by atoms with Gasteiger partial charge < -0.3 is 26.9 Å². The highest BCUT2D eigenvalue weighted by molar-refractivity contribution is 5.82. The average Bonchev–Trinajstić information content (AvgIpc) is 3.66. The molecule has 0 aliphatic rings. The highest BCUT2D eigenvalue weighted by Gasteiger charge is 1.98. The Balaban J connectivity index is 0. The van der Waals surface area contributed by atoms with Gasteiger partial charge in [-0.25, -0.2) is 9.13 Å². The summed E-state index contributed by atoms with van der Waals surface area (Å²) in [7, 11) is 0. The number of carboxylic acid groups (broad SMARTS) is 1. The summed E-state index contributed by atoms with van der Waals surface area (Å²) >= 11 is 0. The summed E-state index contributed by atoms with van der Waals surface area (Å²) in [6.07, 6.45) is 40.5. The number of aryl methyl sites for hydroxylation is 2.